The topological polar surface area (TPSA) is 275 Å². The smallest absolute Gasteiger partial charge is 0.200 e. The molecule has 2 aromatic heterocycles. The van der Waals surface area contributed by atoms with Gasteiger partial charge in [-0.2, -0.15) is 0 Å². The Hall–Kier alpha value is -10.5. The zero-order valence-electron chi connectivity index (χ0n) is 39.7. The maximum absolute atomic E-state index is 12.4. The lowest BCUT2D eigenvalue weighted by atomic mass is 9.89. The molecule has 0 radical (unpaired) electrons. The number of benzene rings is 8. The summed E-state index contributed by atoms with van der Waals surface area (Å²) in [6.07, 6.45) is 1.14. The number of Topliss-reactive ketones (excluding diaryl/α,β-unsaturated/α-hetero) is 2. The molecule has 76 heavy (non-hydrogen) atoms. The molecule has 0 spiro atoms. The van der Waals surface area contributed by atoms with E-state index in [0.29, 0.717) is 78.1 Å². The minimum atomic E-state index is -0.457. The van der Waals surface area contributed by atoms with Crippen molar-refractivity contribution in [3.63, 3.8) is 0 Å². The van der Waals surface area contributed by atoms with E-state index in [0.717, 1.165) is 0 Å². The first-order chi connectivity index (χ1) is 36.6. The van der Waals surface area contributed by atoms with E-state index in [1.165, 1.54) is 60.9 Å². The number of phenolic OH excluding ortho intramolecular Hbond substituents is 8. The van der Waals surface area contributed by atoms with Crippen LogP contribution < -0.4 is 20.3 Å². The van der Waals surface area contributed by atoms with E-state index >= 15 is 0 Å². The molecule has 2 unspecified atom stereocenters. The Morgan fingerprint density at radius 1 is 0.434 bits per heavy atom. The van der Waals surface area contributed by atoms with Gasteiger partial charge in [0, 0.05) is 11.6 Å². The zero-order chi connectivity index (χ0) is 53.6. The Labute approximate surface area is 430 Å². The highest BCUT2D eigenvalue weighted by atomic mass is 16.5. The van der Waals surface area contributed by atoms with Crippen molar-refractivity contribution in [2.24, 2.45) is 0 Å². The molecule has 2 aliphatic rings. The van der Waals surface area contributed by atoms with Crippen molar-refractivity contribution in [3.05, 3.63) is 225 Å². The average molecular weight is 1020 g/mol. The molecule has 12 rings (SSSR count). The minimum absolute atomic E-state index is 0.0133. The number of phenols is 8. The minimum Gasteiger partial charge on any atom is -0.504 e. The maximum Gasteiger partial charge on any atom is 0.200 e. The fourth-order valence-corrected chi connectivity index (χ4v) is 8.33. The largest absolute Gasteiger partial charge is 0.504 e. The van der Waals surface area contributed by atoms with Gasteiger partial charge in [0.15, 0.2) is 68.4 Å². The van der Waals surface area contributed by atoms with Gasteiger partial charge in [-0.05, 0) is 120 Å². The van der Waals surface area contributed by atoms with Crippen LogP contribution in [0.3, 0.4) is 0 Å². The first kappa shape index (κ1) is 50.5. The number of carbonyl (C=O) groups is 2. The third-order valence-electron chi connectivity index (χ3n) is 12.3. The third-order valence-corrected chi connectivity index (χ3v) is 12.3. The second-order valence-electron chi connectivity index (χ2n) is 17.3. The van der Waals surface area contributed by atoms with Gasteiger partial charge in [0.1, 0.15) is 47.4 Å². The van der Waals surface area contributed by atoms with Gasteiger partial charge in [0.25, 0.3) is 0 Å². The number of ether oxygens (including phenoxy) is 2. The number of hydrogen-bond donors (Lipinski definition) is 8. The van der Waals surface area contributed by atoms with Crippen LogP contribution in [0.1, 0.15) is 50.3 Å². The highest BCUT2D eigenvalue weighted by molar-refractivity contribution is 6.04. The maximum atomic E-state index is 12.4. The van der Waals surface area contributed by atoms with Crippen molar-refractivity contribution in [3.8, 4) is 79.9 Å². The van der Waals surface area contributed by atoms with Crippen LogP contribution in [0.15, 0.2) is 201 Å². The quantitative estimate of drug-likeness (QED) is 0.0761. The third kappa shape index (κ3) is 10.8. The molecule has 0 bridgehead atoms. The number of fused-ring (bicyclic) bond motifs is 4. The molecule has 0 saturated carbocycles. The summed E-state index contributed by atoms with van der Waals surface area (Å²) in [5.74, 6) is -0.801. The number of ketones is 2. The normalized spacial score (nSPS) is 14.2. The Morgan fingerprint density at radius 3 is 1.63 bits per heavy atom. The van der Waals surface area contributed by atoms with E-state index in [2.05, 4.69) is 0 Å². The molecule has 2 atom stereocenters. The summed E-state index contributed by atoms with van der Waals surface area (Å²) < 4.78 is 22.4. The van der Waals surface area contributed by atoms with Crippen molar-refractivity contribution in [2.75, 3.05) is 6.61 Å². The molecule has 2 aliphatic heterocycles. The molecule has 0 saturated heterocycles. The van der Waals surface area contributed by atoms with Crippen LogP contribution in [-0.2, 0) is 0 Å². The highest BCUT2D eigenvalue weighted by Gasteiger charge is 2.31. The summed E-state index contributed by atoms with van der Waals surface area (Å²) >= 11 is 0. The lowest BCUT2D eigenvalue weighted by molar-refractivity contribution is 0.0848. The summed E-state index contributed by atoms with van der Waals surface area (Å²) in [7, 11) is 0. The standard InChI is InChI=1S/C15H12O4.C15H10O4.C15H12O4.C15H10O4/c2*16-12-6-5-9(7-13(12)17)11-8-19-14-4-2-1-3-10(14)15(11)18;2*16-11-6-5-9(7-13(11)18)15-8-12(17)10-3-1-2-4-14(10)19-15/h1-7,11,16-17H,8H2;1-8,16-17H;1-7,15-16,18H,8H2;1-8,16,18H. The number of aromatic hydroxyl groups is 8. The van der Waals surface area contributed by atoms with Gasteiger partial charge in [0.05, 0.1) is 39.8 Å². The van der Waals surface area contributed by atoms with Gasteiger partial charge >= 0.3 is 0 Å². The van der Waals surface area contributed by atoms with E-state index < -0.39 is 12.0 Å². The van der Waals surface area contributed by atoms with Crippen LogP contribution in [0.4, 0.5) is 0 Å². The van der Waals surface area contributed by atoms with E-state index in [4.69, 9.17) is 18.3 Å². The van der Waals surface area contributed by atoms with E-state index in [9.17, 15) is 60.0 Å². The Kier molecular flexibility index (Phi) is 14.4. The summed E-state index contributed by atoms with van der Waals surface area (Å²) in [4.78, 5) is 48.7. The fourth-order valence-electron chi connectivity index (χ4n) is 8.33. The lowest BCUT2D eigenvalue weighted by Crippen LogP contribution is -2.25. The lowest BCUT2D eigenvalue weighted by Gasteiger charge is -2.25. The molecule has 0 fully saturated rings. The molecule has 8 aromatic carbocycles. The molecular formula is C60H44O16. The molecule has 8 N–H and O–H groups in total. The van der Waals surface area contributed by atoms with Gasteiger partial charge in [-0.1, -0.05) is 66.7 Å². The van der Waals surface area contributed by atoms with Crippen LogP contribution in [0, 0.1) is 0 Å². The van der Waals surface area contributed by atoms with Gasteiger partial charge in [-0.15, -0.1) is 0 Å². The second-order valence-corrected chi connectivity index (χ2v) is 17.3. The molecule has 0 amide bonds. The summed E-state index contributed by atoms with van der Waals surface area (Å²) in [5, 5.41) is 76.1. The Balaban J connectivity index is 0.000000124. The van der Waals surface area contributed by atoms with Crippen molar-refractivity contribution < 1.29 is 68.7 Å². The number of para-hydroxylation sites is 4. The molecule has 16 nitrogen and oxygen atoms in total. The molecule has 16 heteroatoms. The van der Waals surface area contributed by atoms with Crippen molar-refractivity contribution in [1.82, 2.24) is 0 Å². The van der Waals surface area contributed by atoms with Crippen LogP contribution in [0.2, 0.25) is 0 Å². The van der Waals surface area contributed by atoms with E-state index in [1.54, 1.807) is 109 Å². The predicted molar refractivity (Wildman–Crippen MR) is 280 cm³/mol. The Morgan fingerprint density at radius 2 is 0.961 bits per heavy atom. The monoisotopic (exact) mass is 1020 g/mol. The molecule has 10 aromatic rings. The van der Waals surface area contributed by atoms with Crippen molar-refractivity contribution >= 4 is 33.5 Å². The van der Waals surface area contributed by atoms with Crippen molar-refractivity contribution in [1.29, 1.82) is 0 Å². The van der Waals surface area contributed by atoms with Crippen LogP contribution >= 0.6 is 0 Å². The average Bonchev–Trinajstić information content (AvgIpc) is 3.43. The van der Waals surface area contributed by atoms with Crippen LogP contribution in [0.5, 0.6) is 57.5 Å². The van der Waals surface area contributed by atoms with Gasteiger partial charge in [0.2, 0.25) is 0 Å². The Bertz CT molecular complexity index is 3950. The van der Waals surface area contributed by atoms with E-state index in [-0.39, 0.29) is 81.4 Å². The van der Waals surface area contributed by atoms with Gasteiger partial charge in [-0.3, -0.25) is 19.2 Å². The molecule has 4 heterocycles. The first-order valence-corrected chi connectivity index (χ1v) is 23.3. The number of rotatable bonds is 4. The highest BCUT2D eigenvalue weighted by Crippen LogP contribution is 2.39. The van der Waals surface area contributed by atoms with Crippen LogP contribution in [0.25, 0.3) is 44.4 Å². The zero-order valence-corrected chi connectivity index (χ0v) is 39.7. The van der Waals surface area contributed by atoms with E-state index in [1.807, 2.05) is 12.1 Å². The number of hydrogen-bond acceptors (Lipinski definition) is 16. The fraction of sp³-hybridized carbons (Fsp3) is 0.0667. The van der Waals surface area contributed by atoms with Crippen LogP contribution in [-0.4, -0.2) is 59.0 Å². The molecule has 0 aliphatic carbocycles. The van der Waals surface area contributed by atoms with Gasteiger partial charge in [-0.25, -0.2) is 0 Å². The van der Waals surface area contributed by atoms with Crippen molar-refractivity contribution in [2.45, 2.75) is 18.4 Å². The first-order valence-electron chi connectivity index (χ1n) is 23.3. The molecule has 380 valence electrons. The summed E-state index contributed by atoms with van der Waals surface area (Å²) in [5.41, 5.74) is 4.47. The van der Waals surface area contributed by atoms with Gasteiger partial charge < -0.3 is 59.2 Å². The summed E-state index contributed by atoms with van der Waals surface area (Å²) in [6.45, 7) is 0.236. The second kappa shape index (κ2) is 21.7. The SMILES string of the molecule is O=C1CC(c2ccc(O)c(O)c2)Oc2ccccc21.O=C1c2ccccc2OCC1c1ccc(O)c(O)c1.O=c1c(-c2ccc(O)c(O)c2)coc2ccccc12.O=c1cc(-c2ccc(O)c(O)c2)oc2ccccc12. The summed E-state index contributed by atoms with van der Waals surface area (Å²) in [6, 6.07) is 46.8. The number of carbonyl (C=O) groups excluding carboxylic acids is 2. The predicted octanol–water partition coefficient (Wildman–Crippen LogP) is 11.0. The molecular weight excluding hydrogens is 977 g/mol.